The maximum absolute atomic E-state index is 11.6. The van der Waals surface area contributed by atoms with Gasteiger partial charge in [-0.25, -0.2) is 4.99 Å². The van der Waals surface area contributed by atoms with Crippen LogP contribution < -0.4 is 20.7 Å². The second kappa shape index (κ2) is 13.7. The monoisotopic (exact) mass is 563 g/mol. The number of aromatic nitrogens is 1. The molecule has 0 radical (unpaired) electrons. The highest BCUT2D eigenvalue weighted by Gasteiger charge is 2.06. The summed E-state index contributed by atoms with van der Waals surface area (Å²) in [5, 5.41) is 10.7. The lowest BCUT2D eigenvalue weighted by Gasteiger charge is -2.12. The topological polar surface area (TPSA) is 90.5 Å². The van der Waals surface area contributed by atoms with Gasteiger partial charge in [-0.1, -0.05) is 30.3 Å². The van der Waals surface area contributed by atoms with E-state index in [2.05, 4.69) is 59.2 Å². The molecule has 7 nitrogen and oxygen atoms in total. The molecule has 0 spiro atoms. The van der Waals surface area contributed by atoms with E-state index in [0.29, 0.717) is 18.8 Å². The molecule has 0 fully saturated rings. The molecule has 4 N–H and O–H groups in total. The molecule has 2 aromatic carbocycles. The van der Waals surface area contributed by atoms with Gasteiger partial charge in [0.15, 0.2) is 12.6 Å². The van der Waals surface area contributed by atoms with Crippen LogP contribution >= 0.6 is 24.0 Å². The molecule has 1 heterocycles. The van der Waals surface area contributed by atoms with E-state index >= 15 is 0 Å². The fraction of sp³-hybridized carbons (Fsp3) is 0.360. The predicted octanol–water partition coefficient (Wildman–Crippen LogP) is 3.91. The normalized spacial score (nSPS) is 11.1. The Kier molecular flexibility index (Phi) is 11.0. The van der Waals surface area contributed by atoms with Gasteiger partial charge in [-0.3, -0.25) is 4.79 Å². The molecule has 0 unspecified atom stereocenters. The van der Waals surface area contributed by atoms with Gasteiger partial charge in [0.1, 0.15) is 5.75 Å². The Morgan fingerprint density at radius 2 is 1.85 bits per heavy atom. The summed E-state index contributed by atoms with van der Waals surface area (Å²) in [6.45, 7) is 8.74. The van der Waals surface area contributed by atoms with Gasteiger partial charge in [0.2, 0.25) is 0 Å². The van der Waals surface area contributed by atoms with Crippen molar-refractivity contribution >= 4 is 46.7 Å². The lowest BCUT2D eigenvalue weighted by molar-refractivity contribution is -0.122. The van der Waals surface area contributed by atoms with Crippen molar-refractivity contribution in [1.29, 1.82) is 0 Å². The summed E-state index contributed by atoms with van der Waals surface area (Å²) in [7, 11) is 0. The quantitative estimate of drug-likeness (QED) is 0.171. The zero-order valence-corrected chi connectivity index (χ0v) is 21.9. The molecule has 0 bridgehead atoms. The molecular formula is C25H34IN5O2. The first-order valence-corrected chi connectivity index (χ1v) is 11.2. The molecule has 1 aromatic heterocycles. The summed E-state index contributed by atoms with van der Waals surface area (Å²) in [6, 6.07) is 14.1. The number of halogens is 1. The first kappa shape index (κ1) is 26.5. The van der Waals surface area contributed by atoms with Gasteiger partial charge in [-0.05, 0) is 56.0 Å². The average molecular weight is 563 g/mol. The lowest BCUT2D eigenvalue weighted by Crippen LogP contribution is -2.38. The van der Waals surface area contributed by atoms with Gasteiger partial charge >= 0.3 is 0 Å². The highest BCUT2D eigenvalue weighted by molar-refractivity contribution is 14.0. The van der Waals surface area contributed by atoms with Crippen molar-refractivity contribution in [3.05, 3.63) is 65.4 Å². The van der Waals surface area contributed by atoms with Crippen LogP contribution in [0.5, 0.6) is 5.75 Å². The fourth-order valence-electron chi connectivity index (χ4n) is 3.53. The maximum atomic E-state index is 11.6. The van der Waals surface area contributed by atoms with Crippen molar-refractivity contribution in [2.75, 3.05) is 26.2 Å². The van der Waals surface area contributed by atoms with Crippen molar-refractivity contribution in [3.63, 3.8) is 0 Å². The van der Waals surface area contributed by atoms with E-state index in [4.69, 9.17) is 9.73 Å². The lowest BCUT2D eigenvalue weighted by atomic mass is 10.1. The van der Waals surface area contributed by atoms with Crippen molar-refractivity contribution < 1.29 is 9.53 Å². The van der Waals surface area contributed by atoms with Gasteiger partial charge in [0, 0.05) is 36.7 Å². The van der Waals surface area contributed by atoms with E-state index in [1.165, 1.54) is 22.0 Å². The van der Waals surface area contributed by atoms with Crippen molar-refractivity contribution in [1.82, 2.24) is 20.9 Å². The summed E-state index contributed by atoms with van der Waals surface area (Å²) in [5.74, 6) is 1.31. The third-order valence-electron chi connectivity index (χ3n) is 5.10. The third kappa shape index (κ3) is 7.96. The van der Waals surface area contributed by atoms with Crippen LogP contribution in [0.4, 0.5) is 0 Å². The number of H-pyrrole nitrogens is 1. The van der Waals surface area contributed by atoms with Crippen molar-refractivity contribution in [2.24, 2.45) is 4.99 Å². The largest absolute Gasteiger partial charge is 0.484 e. The summed E-state index contributed by atoms with van der Waals surface area (Å²) >= 11 is 0. The Morgan fingerprint density at radius 1 is 1.06 bits per heavy atom. The van der Waals surface area contributed by atoms with Crippen LogP contribution in [0.3, 0.4) is 0 Å². The fourth-order valence-corrected chi connectivity index (χ4v) is 3.53. The second-order valence-electron chi connectivity index (χ2n) is 7.57. The molecule has 8 heteroatoms. The number of guanidine groups is 1. The third-order valence-corrected chi connectivity index (χ3v) is 5.10. The van der Waals surface area contributed by atoms with Gasteiger partial charge in [-0.15, -0.1) is 24.0 Å². The minimum Gasteiger partial charge on any atom is -0.484 e. The number of carbonyl (C=O) groups excluding carboxylic acids is 1. The number of amides is 1. The second-order valence-corrected chi connectivity index (χ2v) is 7.57. The molecule has 0 saturated carbocycles. The first-order valence-electron chi connectivity index (χ1n) is 11.2. The van der Waals surface area contributed by atoms with Gasteiger partial charge < -0.3 is 25.7 Å². The molecule has 33 heavy (non-hydrogen) atoms. The Labute approximate surface area is 212 Å². The van der Waals surface area contributed by atoms with Crippen LogP contribution in [0.25, 0.3) is 10.9 Å². The smallest absolute Gasteiger partial charge is 0.257 e. The van der Waals surface area contributed by atoms with E-state index < -0.39 is 0 Å². The molecule has 0 atom stereocenters. The number of likely N-dealkylation sites (N-methyl/N-ethyl adjacent to an activating group) is 1. The summed E-state index contributed by atoms with van der Waals surface area (Å²) in [5.41, 5.74) is 4.78. The average Bonchev–Trinajstić information content (AvgIpc) is 3.21. The molecular weight excluding hydrogens is 529 g/mol. The van der Waals surface area contributed by atoms with Crippen LogP contribution in [0.15, 0.2) is 53.7 Å². The number of hydrogen-bond donors (Lipinski definition) is 4. The van der Waals surface area contributed by atoms with Crippen LogP contribution in [0.1, 0.15) is 30.5 Å². The summed E-state index contributed by atoms with van der Waals surface area (Å²) < 4.78 is 5.57. The SMILES string of the molecule is CCNC(=O)COc1cccc(CN=C(NCC)NCCc2c[nH]c3c(C)cccc23)c1.I. The zero-order valence-electron chi connectivity index (χ0n) is 19.5. The first-order chi connectivity index (χ1) is 15.6. The maximum Gasteiger partial charge on any atom is 0.257 e. The Balaban J connectivity index is 0.00000385. The molecule has 3 rings (SSSR count). The van der Waals surface area contributed by atoms with Crippen LogP contribution in [0.2, 0.25) is 0 Å². The van der Waals surface area contributed by atoms with Crippen molar-refractivity contribution in [3.8, 4) is 5.75 Å². The molecule has 0 aliphatic heterocycles. The number of nitrogens with one attached hydrogen (secondary N) is 4. The van der Waals surface area contributed by atoms with Gasteiger partial charge in [0.05, 0.1) is 6.54 Å². The van der Waals surface area contributed by atoms with Crippen LogP contribution in [-0.2, 0) is 17.8 Å². The number of aryl methyl sites for hydroxylation is 1. The van der Waals surface area contributed by atoms with Gasteiger partial charge in [-0.2, -0.15) is 0 Å². The number of nitrogens with zero attached hydrogens (tertiary/aromatic N) is 1. The Bertz CT molecular complexity index is 1060. The number of hydrogen-bond acceptors (Lipinski definition) is 3. The highest BCUT2D eigenvalue weighted by atomic mass is 127. The number of fused-ring (bicyclic) bond motifs is 1. The number of aromatic amines is 1. The molecule has 0 saturated heterocycles. The number of para-hydroxylation sites is 1. The number of carbonyl (C=O) groups is 1. The van der Waals surface area contributed by atoms with Gasteiger partial charge in [0.25, 0.3) is 5.91 Å². The summed E-state index contributed by atoms with van der Waals surface area (Å²) in [4.78, 5) is 19.7. The van der Waals surface area contributed by atoms with E-state index in [1.807, 2.05) is 31.2 Å². The van der Waals surface area contributed by atoms with Crippen LogP contribution in [-0.4, -0.2) is 43.1 Å². The van der Waals surface area contributed by atoms with Crippen molar-refractivity contribution in [2.45, 2.75) is 33.7 Å². The van der Waals surface area contributed by atoms with Crippen LogP contribution in [0, 0.1) is 6.92 Å². The highest BCUT2D eigenvalue weighted by Crippen LogP contribution is 2.21. The Morgan fingerprint density at radius 3 is 2.64 bits per heavy atom. The number of aliphatic imine (C=N–C) groups is 1. The number of rotatable bonds is 10. The predicted molar refractivity (Wildman–Crippen MR) is 146 cm³/mol. The van der Waals surface area contributed by atoms with E-state index in [-0.39, 0.29) is 36.5 Å². The van der Waals surface area contributed by atoms with E-state index in [9.17, 15) is 4.79 Å². The molecule has 0 aliphatic carbocycles. The van der Waals surface area contributed by atoms with E-state index in [0.717, 1.165) is 31.0 Å². The standard InChI is InChI=1S/C25H33N5O2.HI/c1-4-26-23(31)17-32-21-10-7-9-19(14-21)15-30-25(27-5-2)28-13-12-20-16-29-24-18(3)8-6-11-22(20)24;/h6-11,14,16,29H,4-5,12-13,15,17H2,1-3H3,(H,26,31)(H2,27,28,30);1H. The minimum atomic E-state index is -0.125. The minimum absolute atomic E-state index is 0. The molecule has 3 aromatic rings. The molecule has 0 aliphatic rings. The number of ether oxygens (including phenoxy) is 1. The molecule has 1 amide bonds. The molecule has 178 valence electrons. The zero-order chi connectivity index (χ0) is 22.8. The Hall–Kier alpha value is -2.75. The van der Waals surface area contributed by atoms with E-state index in [1.54, 1.807) is 0 Å². The number of benzene rings is 2. The summed E-state index contributed by atoms with van der Waals surface area (Å²) in [6.07, 6.45) is 2.99.